The molecule has 0 saturated heterocycles. The topological polar surface area (TPSA) is 78.4 Å². The number of ether oxygens (including phenoxy) is 2. The van der Waals surface area contributed by atoms with E-state index in [0.29, 0.717) is 24.5 Å². The lowest BCUT2D eigenvalue weighted by Gasteiger charge is -2.05. The molecular formula is C13H6F4N2O4. The van der Waals surface area contributed by atoms with Gasteiger partial charge in [0.25, 0.3) is 11.8 Å². The number of halogens is 4. The van der Waals surface area contributed by atoms with Gasteiger partial charge in [0.05, 0.1) is 12.4 Å². The van der Waals surface area contributed by atoms with Crippen LogP contribution in [0, 0.1) is 23.3 Å². The van der Waals surface area contributed by atoms with Gasteiger partial charge in [0, 0.05) is 12.1 Å². The van der Waals surface area contributed by atoms with Crippen LogP contribution >= 0.6 is 0 Å². The number of nitrogens with zero attached hydrogens (tertiary/aromatic N) is 2. The second-order valence-corrected chi connectivity index (χ2v) is 4.01. The second-order valence-electron chi connectivity index (χ2n) is 4.01. The zero-order valence-electron chi connectivity index (χ0n) is 11.1. The number of carbonyl (C=O) groups excluding carboxylic acids is 2. The van der Waals surface area contributed by atoms with Gasteiger partial charge in [-0.25, -0.2) is 27.5 Å². The van der Waals surface area contributed by atoms with Gasteiger partial charge in [0.15, 0.2) is 11.6 Å². The minimum absolute atomic E-state index is 0.422. The van der Waals surface area contributed by atoms with E-state index in [-0.39, 0.29) is 0 Å². The Hall–Kier alpha value is -3.04. The Morgan fingerprint density at radius 3 is 1.57 bits per heavy atom. The fourth-order valence-electron chi connectivity index (χ4n) is 1.36. The molecule has 0 aliphatic carbocycles. The molecule has 2 heterocycles. The molecule has 0 aliphatic heterocycles. The summed E-state index contributed by atoms with van der Waals surface area (Å²) in [5.41, 5.74) is 0. The molecule has 0 aliphatic rings. The average Bonchev–Trinajstić information content (AvgIpc) is 2.45. The highest BCUT2D eigenvalue weighted by Crippen LogP contribution is 2.16. The second kappa shape index (κ2) is 6.81. The highest BCUT2D eigenvalue weighted by molar-refractivity contribution is 5.92. The number of pyridine rings is 2. The summed E-state index contributed by atoms with van der Waals surface area (Å²) >= 11 is 0. The van der Waals surface area contributed by atoms with E-state index < -0.39 is 53.4 Å². The predicted octanol–water partition coefficient (Wildman–Crippen LogP) is 1.93. The van der Waals surface area contributed by atoms with E-state index >= 15 is 0 Å². The van der Waals surface area contributed by atoms with E-state index in [0.717, 1.165) is 0 Å². The van der Waals surface area contributed by atoms with Crippen LogP contribution in [0.25, 0.3) is 0 Å². The van der Waals surface area contributed by atoms with Crippen molar-refractivity contribution < 1.29 is 36.6 Å². The van der Waals surface area contributed by atoms with Crippen LogP contribution in [-0.2, 0) is 9.59 Å². The van der Waals surface area contributed by atoms with Gasteiger partial charge in [-0.05, 0) is 0 Å². The first-order valence-electron chi connectivity index (χ1n) is 5.88. The third-order valence-electron chi connectivity index (χ3n) is 2.26. The van der Waals surface area contributed by atoms with Gasteiger partial charge in [0.2, 0.25) is 0 Å². The van der Waals surface area contributed by atoms with Crippen molar-refractivity contribution in [2.45, 2.75) is 6.42 Å². The molecule has 0 spiro atoms. The molecule has 2 aromatic rings. The molecule has 2 rings (SSSR count). The number of rotatable bonds is 4. The summed E-state index contributed by atoms with van der Waals surface area (Å²) in [6.07, 6.45) is 0.167. The standard InChI is InChI=1S/C13H6F4N2O4/c14-6-1-8(16)12(18-4-6)22-10(20)3-11(21)23-13-9(17)2-7(15)5-19-13/h1-2,4-5H,3H2. The third kappa shape index (κ3) is 4.46. The Morgan fingerprint density at radius 2 is 1.22 bits per heavy atom. The van der Waals surface area contributed by atoms with Gasteiger partial charge in [0.1, 0.15) is 18.1 Å². The molecule has 0 fully saturated rings. The summed E-state index contributed by atoms with van der Waals surface area (Å²) < 4.78 is 60.4. The molecule has 120 valence electrons. The maximum absolute atomic E-state index is 13.2. The molecule has 23 heavy (non-hydrogen) atoms. The molecule has 0 radical (unpaired) electrons. The molecule has 0 saturated carbocycles. The fourth-order valence-corrected chi connectivity index (χ4v) is 1.36. The van der Waals surface area contributed by atoms with E-state index in [9.17, 15) is 27.2 Å². The number of esters is 2. The predicted molar refractivity (Wildman–Crippen MR) is 64.2 cm³/mol. The molecule has 2 aromatic heterocycles. The van der Waals surface area contributed by atoms with Gasteiger partial charge < -0.3 is 9.47 Å². The lowest BCUT2D eigenvalue weighted by atomic mass is 10.4. The maximum atomic E-state index is 13.2. The van der Waals surface area contributed by atoms with Crippen molar-refractivity contribution in [3.8, 4) is 11.8 Å². The normalized spacial score (nSPS) is 10.3. The monoisotopic (exact) mass is 330 g/mol. The summed E-state index contributed by atoms with van der Waals surface area (Å²) in [6, 6.07) is 0.845. The van der Waals surface area contributed by atoms with Crippen molar-refractivity contribution in [3.05, 3.63) is 47.8 Å². The number of hydrogen-bond acceptors (Lipinski definition) is 6. The lowest BCUT2D eigenvalue weighted by Crippen LogP contribution is -2.19. The highest BCUT2D eigenvalue weighted by atomic mass is 19.1. The summed E-state index contributed by atoms with van der Waals surface area (Å²) in [7, 11) is 0. The van der Waals surface area contributed by atoms with E-state index in [1.807, 2.05) is 0 Å². The largest absolute Gasteiger partial charge is 0.404 e. The average molecular weight is 330 g/mol. The molecule has 0 N–H and O–H groups in total. The van der Waals surface area contributed by atoms with Crippen LogP contribution in [-0.4, -0.2) is 21.9 Å². The van der Waals surface area contributed by atoms with E-state index in [4.69, 9.17) is 0 Å². The molecule has 6 nitrogen and oxygen atoms in total. The first kappa shape index (κ1) is 16.3. The fraction of sp³-hybridized carbons (Fsp3) is 0.0769. The number of carbonyl (C=O) groups is 2. The van der Waals surface area contributed by atoms with Gasteiger partial charge in [-0.1, -0.05) is 0 Å². The Labute approximate surface area is 125 Å². The van der Waals surface area contributed by atoms with Crippen molar-refractivity contribution in [2.75, 3.05) is 0 Å². The van der Waals surface area contributed by atoms with Gasteiger partial charge >= 0.3 is 11.9 Å². The van der Waals surface area contributed by atoms with Crippen molar-refractivity contribution in [2.24, 2.45) is 0 Å². The first-order valence-corrected chi connectivity index (χ1v) is 5.88. The Morgan fingerprint density at radius 1 is 0.826 bits per heavy atom. The minimum atomic E-state index is -1.28. The summed E-state index contributed by atoms with van der Waals surface area (Å²) in [5.74, 6) is -8.72. The van der Waals surface area contributed by atoms with Crippen molar-refractivity contribution in [3.63, 3.8) is 0 Å². The van der Waals surface area contributed by atoms with Crippen molar-refractivity contribution in [1.82, 2.24) is 9.97 Å². The molecular weight excluding hydrogens is 324 g/mol. The van der Waals surface area contributed by atoms with Crippen LogP contribution in [0.4, 0.5) is 17.6 Å². The van der Waals surface area contributed by atoms with E-state index in [1.54, 1.807) is 0 Å². The molecule has 0 unspecified atom stereocenters. The molecule has 0 amide bonds. The summed E-state index contributed by atoms with van der Waals surface area (Å²) in [4.78, 5) is 29.1. The van der Waals surface area contributed by atoms with Crippen LogP contribution in [0.5, 0.6) is 11.8 Å². The summed E-state index contributed by atoms with van der Waals surface area (Å²) in [6.45, 7) is 0. The SMILES string of the molecule is O=C(CC(=O)Oc1ncc(F)cc1F)Oc1ncc(F)cc1F. The van der Waals surface area contributed by atoms with Gasteiger partial charge in [-0.2, -0.15) is 0 Å². The molecule has 0 atom stereocenters. The highest BCUT2D eigenvalue weighted by Gasteiger charge is 2.19. The zero-order valence-corrected chi connectivity index (χ0v) is 11.1. The van der Waals surface area contributed by atoms with Crippen LogP contribution in [0.1, 0.15) is 6.42 Å². The van der Waals surface area contributed by atoms with E-state index in [1.165, 1.54) is 0 Å². The Kier molecular flexibility index (Phi) is 4.84. The number of hydrogen-bond donors (Lipinski definition) is 0. The Bertz CT molecular complexity index is 706. The minimum Gasteiger partial charge on any atom is -0.404 e. The van der Waals surface area contributed by atoms with Crippen LogP contribution < -0.4 is 9.47 Å². The Balaban J connectivity index is 1.95. The molecule has 10 heteroatoms. The third-order valence-corrected chi connectivity index (χ3v) is 2.26. The molecule has 0 aromatic carbocycles. The lowest BCUT2D eigenvalue weighted by molar-refractivity contribution is -0.144. The van der Waals surface area contributed by atoms with Gasteiger partial charge in [-0.3, -0.25) is 9.59 Å². The smallest absolute Gasteiger partial charge is 0.323 e. The van der Waals surface area contributed by atoms with Gasteiger partial charge in [-0.15, -0.1) is 0 Å². The van der Waals surface area contributed by atoms with Crippen LogP contribution in [0.15, 0.2) is 24.5 Å². The first-order chi connectivity index (χ1) is 10.8. The number of aromatic nitrogens is 2. The maximum Gasteiger partial charge on any atom is 0.323 e. The molecule has 0 bridgehead atoms. The summed E-state index contributed by atoms with van der Waals surface area (Å²) in [5, 5.41) is 0. The van der Waals surface area contributed by atoms with E-state index in [2.05, 4.69) is 19.4 Å². The van der Waals surface area contributed by atoms with Crippen LogP contribution in [0.3, 0.4) is 0 Å². The van der Waals surface area contributed by atoms with Crippen LogP contribution in [0.2, 0.25) is 0 Å². The zero-order chi connectivity index (χ0) is 17.0. The van der Waals surface area contributed by atoms with Crippen molar-refractivity contribution >= 4 is 11.9 Å². The quantitative estimate of drug-likeness (QED) is 0.484. The van der Waals surface area contributed by atoms with Crippen molar-refractivity contribution in [1.29, 1.82) is 0 Å².